The number of nitrogens with one attached hydrogen (secondary N) is 1. The van der Waals surface area contributed by atoms with Crippen molar-refractivity contribution in [2.75, 3.05) is 18.0 Å². The van der Waals surface area contributed by atoms with Gasteiger partial charge in [-0.1, -0.05) is 13.3 Å². The Balaban J connectivity index is 2.02. The van der Waals surface area contributed by atoms with E-state index < -0.39 is 0 Å². The molecule has 1 saturated heterocycles. The molecule has 2 amide bonds. The molecule has 1 fully saturated rings. The summed E-state index contributed by atoms with van der Waals surface area (Å²) in [4.78, 5) is 37.6. The summed E-state index contributed by atoms with van der Waals surface area (Å²) in [6, 6.07) is 3.66. The summed E-state index contributed by atoms with van der Waals surface area (Å²) < 4.78 is 0. The zero-order valence-electron chi connectivity index (χ0n) is 12.8. The Kier molecular flexibility index (Phi) is 3.96. The van der Waals surface area contributed by atoms with Crippen LogP contribution in [0.4, 0.5) is 5.69 Å². The Morgan fingerprint density at radius 1 is 1.09 bits per heavy atom. The van der Waals surface area contributed by atoms with Gasteiger partial charge < -0.3 is 4.90 Å². The third kappa shape index (κ3) is 2.51. The fraction of sp³-hybridized carbons (Fsp3) is 0.471. The number of hydrogen-bond acceptors (Lipinski definition) is 4. The molecule has 1 aromatic rings. The maximum Gasteiger partial charge on any atom is 0.259 e. The summed E-state index contributed by atoms with van der Waals surface area (Å²) >= 11 is 0. The van der Waals surface area contributed by atoms with Gasteiger partial charge in [-0.15, -0.1) is 0 Å². The first kappa shape index (κ1) is 14.8. The highest BCUT2D eigenvalue weighted by atomic mass is 16.2. The second-order valence-electron chi connectivity index (χ2n) is 5.90. The van der Waals surface area contributed by atoms with Crippen LogP contribution >= 0.6 is 0 Å². The summed E-state index contributed by atoms with van der Waals surface area (Å²) in [5.74, 6) is -0.306. The number of Topliss-reactive ketones (excluding diaryl/α,β-unsaturated/α-hetero) is 1. The van der Waals surface area contributed by atoms with Crippen molar-refractivity contribution in [3.8, 4) is 0 Å². The summed E-state index contributed by atoms with van der Waals surface area (Å²) in [6.07, 6.45) is 3.87. The van der Waals surface area contributed by atoms with Crippen LogP contribution in [0.2, 0.25) is 0 Å². The van der Waals surface area contributed by atoms with Crippen molar-refractivity contribution in [1.29, 1.82) is 0 Å². The maximum absolute atomic E-state index is 12.1. The van der Waals surface area contributed by atoms with Gasteiger partial charge in [-0.05, 0) is 30.5 Å². The van der Waals surface area contributed by atoms with Crippen LogP contribution < -0.4 is 10.2 Å². The zero-order chi connectivity index (χ0) is 15.7. The molecule has 0 atom stereocenters. The number of imide groups is 1. The van der Waals surface area contributed by atoms with E-state index in [4.69, 9.17) is 0 Å². The summed E-state index contributed by atoms with van der Waals surface area (Å²) in [5.41, 5.74) is 2.97. The molecule has 2 aliphatic rings. The van der Waals surface area contributed by atoms with Crippen LogP contribution in [0.1, 0.15) is 58.9 Å². The number of hydrogen-bond donors (Lipinski definition) is 1. The first-order chi connectivity index (χ1) is 10.6. The van der Waals surface area contributed by atoms with E-state index in [0.717, 1.165) is 30.5 Å². The molecule has 0 aliphatic carbocycles. The lowest BCUT2D eigenvalue weighted by Crippen LogP contribution is -2.34. The topological polar surface area (TPSA) is 66.5 Å². The molecule has 1 aromatic carbocycles. The fourth-order valence-corrected chi connectivity index (χ4v) is 3.22. The Morgan fingerprint density at radius 2 is 1.82 bits per heavy atom. The van der Waals surface area contributed by atoms with Crippen LogP contribution in [0.15, 0.2) is 12.1 Å². The lowest BCUT2D eigenvalue weighted by molar-refractivity contribution is -0.119. The van der Waals surface area contributed by atoms with Crippen molar-refractivity contribution in [2.45, 2.75) is 39.0 Å². The summed E-state index contributed by atoms with van der Waals surface area (Å²) in [5, 5.41) is 2.39. The van der Waals surface area contributed by atoms with Gasteiger partial charge in [0.25, 0.3) is 11.8 Å². The van der Waals surface area contributed by atoms with Gasteiger partial charge in [-0.2, -0.15) is 0 Å². The molecule has 5 heteroatoms. The third-order valence-corrected chi connectivity index (χ3v) is 4.43. The zero-order valence-corrected chi connectivity index (χ0v) is 12.8. The van der Waals surface area contributed by atoms with Gasteiger partial charge in [0.05, 0.1) is 11.1 Å². The predicted octanol–water partition coefficient (Wildman–Crippen LogP) is 2.08. The maximum atomic E-state index is 12.1. The molecule has 1 N–H and O–H groups in total. The van der Waals surface area contributed by atoms with E-state index in [9.17, 15) is 14.4 Å². The minimum Gasteiger partial charge on any atom is -0.370 e. The number of fused-ring (bicyclic) bond motifs is 1. The largest absolute Gasteiger partial charge is 0.370 e. The molecule has 0 unspecified atom stereocenters. The van der Waals surface area contributed by atoms with Crippen LogP contribution in [0.25, 0.3) is 0 Å². The molecule has 0 bridgehead atoms. The summed E-state index contributed by atoms with van der Waals surface area (Å²) in [6.45, 7) is 3.48. The molecular weight excluding hydrogens is 280 g/mol. The number of benzene rings is 1. The molecule has 0 aromatic heterocycles. The van der Waals surface area contributed by atoms with Crippen molar-refractivity contribution in [1.82, 2.24) is 5.32 Å². The highest BCUT2D eigenvalue weighted by Gasteiger charge is 2.32. The average Bonchev–Trinajstić information content (AvgIpc) is 2.81. The first-order valence-electron chi connectivity index (χ1n) is 7.90. The molecule has 22 heavy (non-hydrogen) atoms. The van der Waals surface area contributed by atoms with Gasteiger partial charge >= 0.3 is 0 Å². The standard InChI is InChI=1S/C17H20N2O3/c1-2-3-4-12-14(19-9-7-11(20)8-10-19)6-5-13-15(12)17(22)18-16(13)21/h5-6H,2-4,7-10H2,1H3,(H,18,21,22). The fourth-order valence-electron chi connectivity index (χ4n) is 3.22. The van der Waals surface area contributed by atoms with Crippen LogP contribution in [-0.2, 0) is 11.2 Å². The number of carbonyl (C=O) groups excluding carboxylic acids is 3. The Labute approximate surface area is 129 Å². The van der Waals surface area contributed by atoms with Crippen molar-refractivity contribution in [2.24, 2.45) is 0 Å². The first-order valence-corrected chi connectivity index (χ1v) is 7.90. The lowest BCUT2D eigenvalue weighted by atomic mass is 9.94. The molecule has 0 spiro atoms. The monoisotopic (exact) mass is 300 g/mol. The van der Waals surface area contributed by atoms with Crippen LogP contribution in [0.5, 0.6) is 0 Å². The van der Waals surface area contributed by atoms with Crippen LogP contribution in [-0.4, -0.2) is 30.7 Å². The smallest absolute Gasteiger partial charge is 0.259 e. The van der Waals surface area contributed by atoms with Crippen LogP contribution in [0.3, 0.4) is 0 Å². The van der Waals surface area contributed by atoms with Crippen LogP contribution in [0, 0.1) is 0 Å². The molecule has 116 valence electrons. The van der Waals surface area contributed by atoms with E-state index in [1.54, 1.807) is 6.07 Å². The quantitative estimate of drug-likeness (QED) is 0.865. The number of anilines is 1. The Hall–Kier alpha value is -2.17. The highest BCUT2D eigenvalue weighted by molar-refractivity contribution is 6.22. The van der Waals surface area contributed by atoms with Crippen molar-refractivity contribution >= 4 is 23.3 Å². The average molecular weight is 300 g/mol. The number of carbonyl (C=O) groups is 3. The van der Waals surface area contributed by atoms with Gasteiger partial charge in [0, 0.05) is 31.6 Å². The number of piperidine rings is 1. The van der Waals surface area contributed by atoms with Gasteiger partial charge in [-0.25, -0.2) is 0 Å². The van der Waals surface area contributed by atoms with Gasteiger partial charge in [0.1, 0.15) is 5.78 Å². The Bertz CT molecular complexity index is 642. The van der Waals surface area contributed by atoms with Gasteiger partial charge in [-0.3, -0.25) is 19.7 Å². The molecule has 0 saturated carbocycles. The molecule has 2 aliphatic heterocycles. The predicted molar refractivity (Wildman–Crippen MR) is 83.3 cm³/mol. The van der Waals surface area contributed by atoms with Gasteiger partial charge in [0.2, 0.25) is 0 Å². The Morgan fingerprint density at radius 3 is 2.50 bits per heavy atom. The normalized spacial score (nSPS) is 17.7. The van der Waals surface area contributed by atoms with Gasteiger partial charge in [0.15, 0.2) is 0 Å². The molecule has 0 radical (unpaired) electrons. The summed E-state index contributed by atoms with van der Waals surface area (Å²) in [7, 11) is 0. The van der Waals surface area contributed by atoms with Crippen molar-refractivity contribution < 1.29 is 14.4 Å². The molecule has 5 nitrogen and oxygen atoms in total. The second kappa shape index (κ2) is 5.91. The lowest BCUT2D eigenvalue weighted by Gasteiger charge is -2.30. The van der Waals surface area contributed by atoms with Crippen molar-refractivity contribution in [3.63, 3.8) is 0 Å². The van der Waals surface area contributed by atoms with E-state index in [0.29, 0.717) is 42.8 Å². The minimum atomic E-state index is -0.307. The van der Waals surface area contributed by atoms with E-state index in [2.05, 4.69) is 17.1 Å². The SMILES string of the molecule is CCCCc1c(N2CCC(=O)CC2)ccc2c1C(=O)NC2=O. The third-order valence-electron chi connectivity index (χ3n) is 4.43. The number of unbranched alkanes of at least 4 members (excludes halogenated alkanes) is 1. The second-order valence-corrected chi connectivity index (χ2v) is 5.90. The number of rotatable bonds is 4. The minimum absolute atomic E-state index is 0.291. The highest BCUT2D eigenvalue weighted by Crippen LogP contribution is 2.32. The van der Waals surface area contributed by atoms with E-state index in [1.807, 2.05) is 6.07 Å². The molecule has 2 heterocycles. The number of nitrogens with zero attached hydrogens (tertiary/aromatic N) is 1. The van der Waals surface area contributed by atoms with E-state index in [-0.39, 0.29) is 11.8 Å². The molecular formula is C17H20N2O3. The van der Waals surface area contributed by atoms with E-state index >= 15 is 0 Å². The number of ketones is 1. The van der Waals surface area contributed by atoms with Crippen molar-refractivity contribution in [3.05, 3.63) is 28.8 Å². The number of amides is 2. The van der Waals surface area contributed by atoms with E-state index in [1.165, 1.54) is 0 Å². The molecule has 3 rings (SSSR count).